The number of hydrogen-bond donors (Lipinski definition) is 3. The number of fused-ring (bicyclic) bond motifs is 1. The highest BCUT2D eigenvalue weighted by molar-refractivity contribution is 6.05. The largest absolute Gasteiger partial charge is 0.465 e. The number of carbonyl (C=O) groups is 2. The number of furan rings is 1. The van der Waals surface area contributed by atoms with E-state index in [-0.39, 0.29) is 5.69 Å². The predicted molar refractivity (Wildman–Crippen MR) is 85.7 cm³/mol. The molecule has 2 heterocycles. The molecule has 0 aliphatic rings. The summed E-state index contributed by atoms with van der Waals surface area (Å²) in [5.41, 5.74) is 4.06. The number of carbonyl (C=O) groups excluding carboxylic acids is 2. The van der Waals surface area contributed by atoms with Gasteiger partial charge in [-0.2, -0.15) is 5.10 Å². The third-order valence-corrected chi connectivity index (χ3v) is 3.15. The lowest BCUT2D eigenvalue weighted by Crippen LogP contribution is -2.41. The summed E-state index contributed by atoms with van der Waals surface area (Å²) in [4.78, 5) is 35.5. The van der Waals surface area contributed by atoms with Gasteiger partial charge < -0.3 is 4.42 Å². The molecule has 0 saturated heterocycles. The Kier molecular flexibility index (Phi) is 4.19. The average Bonchev–Trinajstić information content (AvgIpc) is 3.12. The Morgan fingerprint density at radius 2 is 1.88 bits per heavy atom. The third kappa shape index (κ3) is 3.22. The van der Waals surface area contributed by atoms with Crippen molar-refractivity contribution < 1.29 is 14.0 Å². The molecule has 1 aromatic carbocycles. The molecule has 3 aromatic rings. The maximum Gasteiger partial charge on any atom is 0.290 e. The fourth-order valence-corrected chi connectivity index (χ4v) is 2.05. The normalized spacial score (nSPS) is 10.8. The Morgan fingerprint density at radius 3 is 2.62 bits per heavy atom. The Labute approximate surface area is 135 Å². The van der Waals surface area contributed by atoms with E-state index in [9.17, 15) is 14.4 Å². The summed E-state index contributed by atoms with van der Waals surface area (Å²) in [6, 6.07) is 9.92. The minimum Gasteiger partial charge on any atom is -0.465 e. The van der Waals surface area contributed by atoms with E-state index in [1.54, 1.807) is 36.4 Å². The van der Waals surface area contributed by atoms with Crippen LogP contribution in [0.2, 0.25) is 0 Å². The molecule has 0 saturated carbocycles. The van der Waals surface area contributed by atoms with Crippen LogP contribution in [0.3, 0.4) is 0 Å². The molecule has 0 aliphatic heterocycles. The van der Waals surface area contributed by atoms with Crippen molar-refractivity contribution in [3.05, 3.63) is 70.5 Å². The van der Waals surface area contributed by atoms with Crippen LogP contribution < -0.4 is 16.4 Å². The molecule has 24 heavy (non-hydrogen) atoms. The summed E-state index contributed by atoms with van der Waals surface area (Å²) in [5.74, 6) is -0.694. The molecule has 0 aliphatic carbocycles. The highest BCUT2D eigenvalue weighted by Crippen LogP contribution is 2.11. The number of hydrazine groups is 1. The van der Waals surface area contributed by atoms with Crippen molar-refractivity contribution in [2.75, 3.05) is 0 Å². The van der Waals surface area contributed by atoms with Gasteiger partial charge in [0.25, 0.3) is 17.4 Å². The van der Waals surface area contributed by atoms with Gasteiger partial charge in [-0.05, 0) is 24.3 Å². The number of nitrogens with one attached hydrogen (secondary N) is 3. The van der Waals surface area contributed by atoms with Crippen LogP contribution in [0.5, 0.6) is 0 Å². The lowest BCUT2D eigenvalue weighted by molar-refractivity contribution is -0.117. The Hall–Kier alpha value is -3.68. The molecule has 0 spiro atoms. The van der Waals surface area contributed by atoms with Crippen LogP contribution in [0, 0.1) is 0 Å². The van der Waals surface area contributed by atoms with Gasteiger partial charge in [0.1, 0.15) is 5.76 Å². The van der Waals surface area contributed by atoms with E-state index >= 15 is 0 Å². The summed E-state index contributed by atoms with van der Waals surface area (Å²) in [6.07, 6.45) is 4.14. The van der Waals surface area contributed by atoms with Gasteiger partial charge in [-0.25, -0.2) is 5.10 Å². The molecule has 2 aromatic heterocycles. The standard InChI is InChI=1S/C16H12N4O4/c21-13(8-7-10-4-3-9-24-10)17-20-16(23)14-11-5-1-2-6-12(11)15(22)19-18-14/h1-9H,(H,17,21)(H,19,22)(H,20,23)/b8-7+. The number of rotatable bonds is 3. The second-order valence-corrected chi connectivity index (χ2v) is 4.74. The van der Waals surface area contributed by atoms with Gasteiger partial charge in [0, 0.05) is 11.5 Å². The van der Waals surface area contributed by atoms with E-state index in [0.717, 1.165) is 0 Å². The first-order chi connectivity index (χ1) is 11.6. The molecule has 0 fully saturated rings. The summed E-state index contributed by atoms with van der Waals surface area (Å²) in [5, 5.41) is 6.71. The van der Waals surface area contributed by atoms with E-state index in [2.05, 4.69) is 21.0 Å². The van der Waals surface area contributed by atoms with Crippen molar-refractivity contribution >= 4 is 28.7 Å². The maximum atomic E-state index is 12.2. The average molecular weight is 324 g/mol. The number of benzene rings is 1. The fraction of sp³-hybridized carbons (Fsp3) is 0. The van der Waals surface area contributed by atoms with Gasteiger partial charge in [-0.3, -0.25) is 25.2 Å². The number of amides is 2. The predicted octanol–water partition coefficient (Wildman–Crippen LogP) is 0.990. The van der Waals surface area contributed by atoms with Crippen molar-refractivity contribution in [1.29, 1.82) is 0 Å². The van der Waals surface area contributed by atoms with Crippen LogP contribution in [0.25, 0.3) is 16.8 Å². The fourth-order valence-electron chi connectivity index (χ4n) is 2.05. The van der Waals surface area contributed by atoms with E-state index in [4.69, 9.17) is 4.42 Å². The minimum atomic E-state index is -0.651. The molecular weight excluding hydrogens is 312 g/mol. The molecule has 8 heteroatoms. The monoisotopic (exact) mass is 324 g/mol. The zero-order chi connectivity index (χ0) is 16.9. The molecule has 3 N–H and O–H groups in total. The van der Waals surface area contributed by atoms with Crippen LogP contribution in [0.15, 0.2) is 57.9 Å². The topological polar surface area (TPSA) is 117 Å². The zero-order valence-electron chi connectivity index (χ0n) is 12.3. The van der Waals surface area contributed by atoms with Crippen LogP contribution in [0.1, 0.15) is 16.2 Å². The maximum absolute atomic E-state index is 12.2. The van der Waals surface area contributed by atoms with Crippen LogP contribution >= 0.6 is 0 Å². The second kappa shape index (κ2) is 6.61. The molecule has 0 bridgehead atoms. The SMILES string of the molecule is O=C(/C=C/c1ccco1)NNC(=O)c1n[nH]c(=O)c2ccccc12. The minimum absolute atomic E-state index is 0.000476. The van der Waals surface area contributed by atoms with Gasteiger partial charge in [0.05, 0.1) is 11.6 Å². The first-order valence-corrected chi connectivity index (χ1v) is 6.94. The lowest BCUT2D eigenvalue weighted by atomic mass is 10.1. The van der Waals surface area contributed by atoms with Gasteiger partial charge in [0.15, 0.2) is 5.69 Å². The van der Waals surface area contributed by atoms with E-state index in [1.807, 2.05) is 0 Å². The van der Waals surface area contributed by atoms with Crippen LogP contribution in [0.4, 0.5) is 0 Å². The molecule has 0 radical (unpaired) electrons. The summed E-state index contributed by atoms with van der Waals surface area (Å²) < 4.78 is 5.04. The van der Waals surface area contributed by atoms with Gasteiger partial charge in [0.2, 0.25) is 0 Å². The van der Waals surface area contributed by atoms with Crippen molar-refractivity contribution in [3.8, 4) is 0 Å². The molecule has 120 valence electrons. The van der Waals surface area contributed by atoms with E-state index < -0.39 is 17.4 Å². The van der Waals surface area contributed by atoms with Gasteiger partial charge in [-0.15, -0.1) is 0 Å². The molecule has 0 unspecified atom stereocenters. The van der Waals surface area contributed by atoms with Gasteiger partial charge in [-0.1, -0.05) is 18.2 Å². The van der Waals surface area contributed by atoms with Crippen LogP contribution in [-0.2, 0) is 4.79 Å². The molecule has 8 nitrogen and oxygen atoms in total. The molecule has 0 atom stereocenters. The number of H-pyrrole nitrogens is 1. The zero-order valence-corrected chi connectivity index (χ0v) is 12.3. The second-order valence-electron chi connectivity index (χ2n) is 4.74. The molecular formula is C16H12N4O4. The number of aromatic amines is 1. The smallest absolute Gasteiger partial charge is 0.290 e. The molecule has 3 rings (SSSR count). The quantitative estimate of drug-likeness (QED) is 0.490. The third-order valence-electron chi connectivity index (χ3n) is 3.15. The highest BCUT2D eigenvalue weighted by atomic mass is 16.3. The highest BCUT2D eigenvalue weighted by Gasteiger charge is 2.14. The van der Waals surface area contributed by atoms with Crippen molar-refractivity contribution in [3.63, 3.8) is 0 Å². The first-order valence-electron chi connectivity index (χ1n) is 6.94. The number of hydrogen-bond acceptors (Lipinski definition) is 5. The van der Waals surface area contributed by atoms with Crippen molar-refractivity contribution in [1.82, 2.24) is 21.0 Å². The summed E-state index contributed by atoms with van der Waals surface area (Å²) >= 11 is 0. The Bertz CT molecular complexity index is 973. The van der Waals surface area contributed by atoms with Crippen LogP contribution in [-0.4, -0.2) is 22.0 Å². The summed E-state index contributed by atoms with van der Waals surface area (Å²) in [6.45, 7) is 0. The Morgan fingerprint density at radius 1 is 1.08 bits per heavy atom. The van der Waals surface area contributed by atoms with E-state index in [0.29, 0.717) is 16.5 Å². The molecule has 2 amide bonds. The summed E-state index contributed by atoms with van der Waals surface area (Å²) in [7, 11) is 0. The Balaban J connectivity index is 1.71. The van der Waals surface area contributed by atoms with Gasteiger partial charge >= 0.3 is 0 Å². The number of nitrogens with zero attached hydrogens (tertiary/aromatic N) is 1. The first kappa shape index (κ1) is 15.2. The van der Waals surface area contributed by atoms with Crippen molar-refractivity contribution in [2.45, 2.75) is 0 Å². The van der Waals surface area contributed by atoms with E-state index in [1.165, 1.54) is 18.4 Å². The van der Waals surface area contributed by atoms with Crippen molar-refractivity contribution in [2.24, 2.45) is 0 Å². The number of aromatic nitrogens is 2. The lowest BCUT2D eigenvalue weighted by Gasteiger charge is -2.06.